The Labute approximate surface area is 121 Å². The summed E-state index contributed by atoms with van der Waals surface area (Å²) in [5.74, 6) is 0.908. The number of hydrogen-bond donors (Lipinski definition) is 1. The van der Waals surface area contributed by atoms with Crippen LogP contribution >= 0.6 is 15.9 Å². The minimum absolute atomic E-state index is 0.520. The molecule has 0 spiro atoms. The van der Waals surface area contributed by atoms with Gasteiger partial charge in [-0.05, 0) is 31.0 Å². The highest BCUT2D eigenvalue weighted by Crippen LogP contribution is 2.34. The van der Waals surface area contributed by atoms with Crippen molar-refractivity contribution >= 4 is 21.6 Å². The van der Waals surface area contributed by atoms with E-state index in [1.807, 2.05) is 24.5 Å². The molecule has 4 nitrogen and oxygen atoms in total. The molecule has 1 saturated carbocycles. The predicted octanol–water partition coefficient (Wildman–Crippen LogP) is 3.80. The molecular weight excluding hydrogens is 304 g/mol. The number of aromatic nitrogens is 3. The molecule has 1 aromatic heterocycles. The fraction of sp³-hybridized carbons (Fsp3) is 0.429. The third-order valence-electron chi connectivity index (χ3n) is 3.77. The first kappa shape index (κ1) is 12.7. The van der Waals surface area contributed by atoms with Gasteiger partial charge in [0.2, 0.25) is 0 Å². The molecule has 1 aromatic carbocycles. The van der Waals surface area contributed by atoms with Gasteiger partial charge in [-0.25, -0.2) is 0 Å². The molecule has 19 heavy (non-hydrogen) atoms. The van der Waals surface area contributed by atoms with Crippen molar-refractivity contribution in [2.45, 2.75) is 38.1 Å². The van der Waals surface area contributed by atoms with Gasteiger partial charge in [-0.15, -0.1) is 10.2 Å². The Bertz CT molecular complexity index is 573. The van der Waals surface area contributed by atoms with Gasteiger partial charge in [-0.3, -0.25) is 0 Å². The zero-order valence-electron chi connectivity index (χ0n) is 10.7. The lowest BCUT2D eigenvalue weighted by atomic mass is 9.95. The number of hydrogen-bond acceptors (Lipinski definition) is 3. The number of halogens is 1. The maximum Gasteiger partial charge on any atom is 0.165 e. The van der Waals surface area contributed by atoms with Crippen molar-refractivity contribution in [3.63, 3.8) is 0 Å². The number of benzene rings is 1. The molecule has 1 aliphatic carbocycles. The smallest absolute Gasteiger partial charge is 0.165 e. The van der Waals surface area contributed by atoms with Crippen molar-refractivity contribution in [3.8, 4) is 11.4 Å². The van der Waals surface area contributed by atoms with Crippen molar-refractivity contribution in [2.24, 2.45) is 0 Å². The number of rotatable bonds is 2. The fourth-order valence-corrected chi connectivity index (χ4v) is 3.20. The van der Waals surface area contributed by atoms with Gasteiger partial charge in [0, 0.05) is 21.8 Å². The summed E-state index contributed by atoms with van der Waals surface area (Å²) in [5, 5.41) is 8.39. The Balaban J connectivity index is 2.01. The molecular formula is C14H17BrN4. The molecule has 0 aliphatic heterocycles. The highest BCUT2D eigenvalue weighted by Gasteiger charge is 2.20. The Morgan fingerprint density at radius 1 is 1.21 bits per heavy atom. The first-order valence-corrected chi connectivity index (χ1v) is 7.50. The van der Waals surface area contributed by atoms with Crippen LogP contribution in [0.2, 0.25) is 0 Å². The maximum absolute atomic E-state index is 5.88. The van der Waals surface area contributed by atoms with Crippen LogP contribution in [0.3, 0.4) is 0 Å². The van der Waals surface area contributed by atoms with Crippen LogP contribution < -0.4 is 5.73 Å². The van der Waals surface area contributed by atoms with Gasteiger partial charge < -0.3 is 10.3 Å². The third kappa shape index (κ3) is 2.52. The molecule has 0 unspecified atom stereocenters. The van der Waals surface area contributed by atoms with Gasteiger partial charge in [-0.2, -0.15) is 0 Å². The van der Waals surface area contributed by atoms with Crippen molar-refractivity contribution in [2.75, 3.05) is 5.73 Å². The van der Waals surface area contributed by atoms with Crippen LogP contribution in [0.15, 0.2) is 29.0 Å². The van der Waals surface area contributed by atoms with Crippen molar-refractivity contribution in [3.05, 3.63) is 29.0 Å². The van der Waals surface area contributed by atoms with Crippen LogP contribution in [0, 0.1) is 0 Å². The zero-order chi connectivity index (χ0) is 13.2. The molecule has 3 rings (SSSR count). The molecule has 0 bridgehead atoms. The lowest BCUT2D eigenvalue weighted by molar-refractivity contribution is 0.355. The van der Waals surface area contributed by atoms with Crippen LogP contribution in [0.25, 0.3) is 11.4 Å². The number of nitrogens with two attached hydrogens (primary N) is 1. The topological polar surface area (TPSA) is 56.7 Å². The first-order chi connectivity index (χ1) is 9.25. The van der Waals surface area contributed by atoms with Crippen molar-refractivity contribution in [1.82, 2.24) is 14.8 Å². The molecule has 0 radical (unpaired) electrons. The van der Waals surface area contributed by atoms with E-state index in [1.165, 1.54) is 32.1 Å². The second-order valence-corrected chi connectivity index (χ2v) is 5.95. The monoisotopic (exact) mass is 320 g/mol. The lowest BCUT2D eigenvalue weighted by Gasteiger charge is -2.24. The summed E-state index contributed by atoms with van der Waals surface area (Å²) in [5.41, 5.74) is 7.65. The lowest BCUT2D eigenvalue weighted by Crippen LogP contribution is -2.13. The second kappa shape index (κ2) is 5.33. The predicted molar refractivity (Wildman–Crippen MR) is 79.7 cm³/mol. The Morgan fingerprint density at radius 3 is 2.79 bits per heavy atom. The average molecular weight is 321 g/mol. The molecule has 0 saturated heterocycles. The van der Waals surface area contributed by atoms with Gasteiger partial charge in [0.25, 0.3) is 0 Å². The number of nitrogens with zero attached hydrogens (tertiary/aromatic N) is 3. The molecule has 1 heterocycles. The largest absolute Gasteiger partial charge is 0.399 e. The van der Waals surface area contributed by atoms with Crippen LogP contribution in [-0.2, 0) is 0 Å². The molecule has 2 aromatic rings. The summed E-state index contributed by atoms with van der Waals surface area (Å²) in [7, 11) is 0. The molecule has 5 heteroatoms. The van der Waals surface area contributed by atoms with Gasteiger partial charge in [-0.1, -0.05) is 35.2 Å². The Morgan fingerprint density at radius 2 is 2.00 bits per heavy atom. The van der Waals surface area contributed by atoms with E-state index in [4.69, 9.17) is 5.73 Å². The first-order valence-electron chi connectivity index (χ1n) is 6.70. The highest BCUT2D eigenvalue weighted by molar-refractivity contribution is 9.10. The molecule has 2 N–H and O–H groups in total. The summed E-state index contributed by atoms with van der Waals surface area (Å²) >= 11 is 3.57. The summed E-state index contributed by atoms with van der Waals surface area (Å²) in [4.78, 5) is 0. The van der Waals surface area contributed by atoms with Crippen molar-refractivity contribution < 1.29 is 0 Å². The molecule has 1 fully saturated rings. The summed E-state index contributed by atoms with van der Waals surface area (Å²) in [6, 6.07) is 6.32. The Kier molecular flexibility index (Phi) is 3.55. The molecule has 0 amide bonds. The van der Waals surface area contributed by atoms with E-state index in [1.54, 1.807) is 0 Å². The number of anilines is 1. The van der Waals surface area contributed by atoms with Crippen LogP contribution in [0.1, 0.15) is 38.1 Å². The summed E-state index contributed by atoms with van der Waals surface area (Å²) in [6.45, 7) is 0. The van der Waals surface area contributed by atoms with E-state index >= 15 is 0 Å². The van der Waals surface area contributed by atoms with Crippen molar-refractivity contribution in [1.29, 1.82) is 0 Å². The van der Waals surface area contributed by atoms with Crippen LogP contribution in [0.4, 0.5) is 5.69 Å². The van der Waals surface area contributed by atoms with E-state index in [0.717, 1.165) is 21.5 Å². The summed E-state index contributed by atoms with van der Waals surface area (Å²) in [6.07, 6.45) is 8.20. The van der Waals surface area contributed by atoms with Gasteiger partial charge in [0.15, 0.2) is 5.82 Å². The quantitative estimate of drug-likeness (QED) is 0.856. The minimum Gasteiger partial charge on any atom is -0.399 e. The third-order valence-corrected chi connectivity index (χ3v) is 4.46. The van der Waals surface area contributed by atoms with Gasteiger partial charge >= 0.3 is 0 Å². The zero-order valence-corrected chi connectivity index (χ0v) is 12.3. The summed E-state index contributed by atoms with van der Waals surface area (Å²) < 4.78 is 3.21. The van der Waals surface area contributed by atoms with E-state index in [9.17, 15) is 0 Å². The van der Waals surface area contributed by atoms with Crippen LogP contribution in [-0.4, -0.2) is 14.8 Å². The van der Waals surface area contributed by atoms with E-state index < -0.39 is 0 Å². The maximum atomic E-state index is 5.88. The SMILES string of the molecule is Nc1ccc(Br)c(-c2nncn2C2CCCCC2)c1. The van der Waals surface area contributed by atoms with Crippen LogP contribution in [0.5, 0.6) is 0 Å². The standard InChI is InChI=1S/C14H17BrN4/c15-13-7-6-10(16)8-12(13)14-18-17-9-19(14)11-4-2-1-3-5-11/h6-9,11H,1-5,16H2. The van der Waals surface area contributed by atoms with E-state index in [0.29, 0.717) is 6.04 Å². The number of nitrogen functional groups attached to an aromatic ring is 1. The second-order valence-electron chi connectivity index (χ2n) is 5.09. The average Bonchev–Trinajstić information content (AvgIpc) is 2.91. The fourth-order valence-electron chi connectivity index (χ4n) is 2.78. The van der Waals surface area contributed by atoms with Gasteiger partial charge in [0.1, 0.15) is 6.33 Å². The van der Waals surface area contributed by atoms with E-state index in [-0.39, 0.29) is 0 Å². The van der Waals surface area contributed by atoms with E-state index in [2.05, 4.69) is 30.7 Å². The van der Waals surface area contributed by atoms with Gasteiger partial charge in [0.05, 0.1) is 0 Å². The molecule has 1 aliphatic rings. The Hall–Kier alpha value is -1.36. The normalized spacial score (nSPS) is 16.7. The highest BCUT2D eigenvalue weighted by atomic mass is 79.9. The molecule has 100 valence electrons. The molecule has 0 atom stereocenters. The minimum atomic E-state index is 0.520.